The molecule has 0 radical (unpaired) electrons. The molecule has 0 saturated carbocycles. The number of carboxylic acid groups (broad SMARTS) is 1. The first-order valence-corrected chi connectivity index (χ1v) is 5.65. The summed E-state index contributed by atoms with van der Waals surface area (Å²) in [5.74, 6) is -0.340. The molecule has 0 bridgehead atoms. The van der Waals surface area contributed by atoms with Crippen molar-refractivity contribution >= 4 is 17.6 Å². The van der Waals surface area contributed by atoms with Crippen LogP contribution in [0.2, 0.25) is 5.02 Å². The molecule has 0 saturated heterocycles. The maximum Gasteiger partial charge on any atom is 0.303 e. The topological polar surface area (TPSA) is 72.5 Å². The summed E-state index contributed by atoms with van der Waals surface area (Å²) in [7, 11) is 1.52. The van der Waals surface area contributed by atoms with E-state index in [2.05, 4.69) is 0 Å². The Morgan fingerprint density at radius 1 is 1.59 bits per heavy atom. The van der Waals surface area contributed by atoms with Gasteiger partial charge in [-0.1, -0.05) is 17.7 Å². The van der Waals surface area contributed by atoms with E-state index in [0.29, 0.717) is 17.2 Å². The van der Waals surface area contributed by atoms with Crippen molar-refractivity contribution < 1.29 is 14.6 Å². The highest BCUT2D eigenvalue weighted by Crippen LogP contribution is 2.34. The number of rotatable bonds is 5. The number of benzene rings is 1. The zero-order valence-electron chi connectivity index (χ0n) is 9.87. The highest BCUT2D eigenvalue weighted by molar-refractivity contribution is 6.32. The monoisotopic (exact) mass is 257 g/mol. The third-order valence-electron chi connectivity index (χ3n) is 2.49. The predicted octanol–water partition coefficient (Wildman–Crippen LogP) is 2.52. The van der Waals surface area contributed by atoms with Crippen molar-refractivity contribution in [3.8, 4) is 5.75 Å². The van der Waals surface area contributed by atoms with Crippen molar-refractivity contribution in [2.45, 2.75) is 25.8 Å². The second-order valence-electron chi connectivity index (χ2n) is 3.91. The molecule has 1 unspecified atom stereocenters. The molecule has 4 nitrogen and oxygen atoms in total. The van der Waals surface area contributed by atoms with Gasteiger partial charge in [0.2, 0.25) is 0 Å². The lowest BCUT2D eigenvalue weighted by Gasteiger charge is -2.17. The van der Waals surface area contributed by atoms with Crippen molar-refractivity contribution in [2.75, 3.05) is 7.11 Å². The first-order chi connectivity index (χ1) is 7.95. The minimum absolute atomic E-state index is 0.0237. The molecule has 0 heterocycles. The van der Waals surface area contributed by atoms with Gasteiger partial charge in [0.05, 0.1) is 12.1 Å². The minimum atomic E-state index is -0.863. The van der Waals surface area contributed by atoms with E-state index in [9.17, 15) is 4.79 Å². The highest BCUT2D eigenvalue weighted by Gasteiger charge is 2.16. The van der Waals surface area contributed by atoms with E-state index in [1.165, 1.54) is 7.11 Å². The van der Waals surface area contributed by atoms with Crippen LogP contribution in [0.3, 0.4) is 0 Å². The summed E-state index contributed by atoms with van der Waals surface area (Å²) < 4.78 is 5.20. The average Bonchev–Trinajstić information content (AvgIpc) is 2.24. The molecule has 0 spiro atoms. The van der Waals surface area contributed by atoms with E-state index in [-0.39, 0.29) is 6.42 Å². The lowest BCUT2D eigenvalue weighted by molar-refractivity contribution is -0.137. The van der Waals surface area contributed by atoms with Crippen molar-refractivity contribution in [2.24, 2.45) is 5.73 Å². The molecule has 1 atom stereocenters. The van der Waals surface area contributed by atoms with Crippen LogP contribution < -0.4 is 10.5 Å². The maximum absolute atomic E-state index is 10.5. The summed E-state index contributed by atoms with van der Waals surface area (Å²) in [4.78, 5) is 10.5. The van der Waals surface area contributed by atoms with Gasteiger partial charge in [-0.2, -0.15) is 0 Å². The fourth-order valence-corrected chi connectivity index (χ4v) is 2.04. The molecule has 17 heavy (non-hydrogen) atoms. The van der Waals surface area contributed by atoms with Crippen LogP contribution in [0.5, 0.6) is 5.75 Å². The highest BCUT2D eigenvalue weighted by atomic mass is 35.5. The van der Waals surface area contributed by atoms with Crippen LogP contribution in [0.4, 0.5) is 0 Å². The third kappa shape index (κ3) is 3.61. The van der Waals surface area contributed by atoms with E-state index in [1.54, 1.807) is 6.07 Å². The van der Waals surface area contributed by atoms with Crippen LogP contribution >= 0.6 is 11.6 Å². The summed E-state index contributed by atoms with van der Waals surface area (Å²) in [6.07, 6.45) is 0.376. The standard InChI is InChI=1S/C12H16ClNO3/c1-7-5-8(10(14)3-4-11(15)16)12(17-2)9(13)6-7/h5-6,10H,3-4,14H2,1-2H3,(H,15,16). The van der Waals surface area contributed by atoms with Crippen LogP contribution in [-0.4, -0.2) is 18.2 Å². The fraction of sp³-hybridized carbons (Fsp3) is 0.417. The summed E-state index contributed by atoms with van der Waals surface area (Å²) in [6, 6.07) is 3.27. The van der Waals surface area contributed by atoms with Crippen molar-refractivity contribution in [1.29, 1.82) is 0 Å². The van der Waals surface area contributed by atoms with Gasteiger partial charge in [0, 0.05) is 18.0 Å². The van der Waals surface area contributed by atoms with Crippen LogP contribution in [0.25, 0.3) is 0 Å². The number of ether oxygens (including phenoxy) is 1. The first kappa shape index (κ1) is 13.8. The van der Waals surface area contributed by atoms with Crippen molar-refractivity contribution in [3.63, 3.8) is 0 Å². The maximum atomic E-state index is 10.5. The van der Waals surface area contributed by atoms with Gasteiger partial charge in [0.1, 0.15) is 5.75 Å². The molecule has 0 aliphatic carbocycles. The molecule has 0 aromatic heterocycles. The second-order valence-corrected chi connectivity index (χ2v) is 4.32. The summed E-state index contributed by atoms with van der Waals surface area (Å²) in [5.41, 5.74) is 7.67. The predicted molar refractivity (Wildman–Crippen MR) is 66.5 cm³/mol. The Bertz CT molecular complexity index is 420. The lowest BCUT2D eigenvalue weighted by Crippen LogP contribution is -2.14. The molecule has 0 fully saturated rings. The quantitative estimate of drug-likeness (QED) is 0.850. The number of hydrogen-bond donors (Lipinski definition) is 2. The summed E-state index contributed by atoms with van der Waals surface area (Å²) in [6.45, 7) is 1.90. The molecule has 0 aliphatic rings. The number of methoxy groups -OCH3 is 1. The number of carboxylic acids is 1. The second kappa shape index (κ2) is 5.89. The van der Waals surface area contributed by atoms with E-state index >= 15 is 0 Å². The molecule has 94 valence electrons. The summed E-state index contributed by atoms with van der Waals surface area (Å²) >= 11 is 6.04. The molecular formula is C12H16ClNO3. The number of aryl methyl sites for hydroxylation is 1. The van der Waals surface area contributed by atoms with Crippen LogP contribution in [0.1, 0.15) is 30.0 Å². The first-order valence-electron chi connectivity index (χ1n) is 5.27. The average molecular weight is 258 g/mol. The van der Waals surface area contributed by atoms with Crippen LogP contribution in [0.15, 0.2) is 12.1 Å². The number of halogens is 1. The minimum Gasteiger partial charge on any atom is -0.495 e. The molecule has 5 heteroatoms. The van der Waals surface area contributed by atoms with Gasteiger partial charge in [-0.05, 0) is 25.0 Å². The smallest absolute Gasteiger partial charge is 0.303 e. The Balaban J connectivity index is 2.98. The SMILES string of the molecule is COc1c(Cl)cc(C)cc1C(N)CCC(=O)O. The van der Waals surface area contributed by atoms with E-state index < -0.39 is 12.0 Å². The van der Waals surface area contributed by atoms with Gasteiger partial charge in [-0.15, -0.1) is 0 Å². The molecule has 1 rings (SSSR count). The van der Waals surface area contributed by atoms with Crippen LogP contribution in [-0.2, 0) is 4.79 Å². The largest absolute Gasteiger partial charge is 0.495 e. The zero-order chi connectivity index (χ0) is 13.0. The van der Waals surface area contributed by atoms with Gasteiger partial charge < -0.3 is 15.6 Å². The van der Waals surface area contributed by atoms with E-state index in [1.807, 2.05) is 13.0 Å². The molecular weight excluding hydrogens is 242 g/mol. The number of aliphatic carboxylic acids is 1. The Morgan fingerprint density at radius 2 is 2.24 bits per heavy atom. The third-order valence-corrected chi connectivity index (χ3v) is 2.77. The van der Waals surface area contributed by atoms with Crippen LogP contribution in [0, 0.1) is 6.92 Å². The molecule has 1 aromatic rings. The zero-order valence-corrected chi connectivity index (χ0v) is 10.6. The molecule has 0 aliphatic heterocycles. The Hall–Kier alpha value is -1.26. The number of nitrogens with two attached hydrogens (primary N) is 1. The molecule has 3 N–H and O–H groups in total. The fourth-order valence-electron chi connectivity index (χ4n) is 1.68. The molecule has 1 aromatic carbocycles. The van der Waals surface area contributed by atoms with Gasteiger partial charge in [0.15, 0.2) is 0 Å². The van der Waals surface area contributed by atoms with Gasteiger partial charge >= 0.3 is 5.97 Å². The number of hydrogen-bond acceptors (Lipinski definition) is 3. The molecule has 0 amide bonds. The van der Waals surface area contributed by atoms with E-state index in [4.69, 9.17) is 27.2 Å². The normalized spacial score (nSPS) is 12.2. The lowest BCUT2D eigenvalue weighted by atomic mass is 10.00. The van der Waals surface area contributed by atoms with Gasteiger partial charge in [0.25, 0.3) is 0 Å². The van der Waals surface area contributed by atoms with Crippen molar-refractivity contribution in [3.05, 3.63) is 28.3 Å². The van der Waals surface area contributed by atoms with E-state index in [0.717, 1.165) is 11.1 Å². The Labute approximate surface area is 105 Å². The van der Waals surface area contributed by atoms with Crippen molar-refractivity contribution in [1.82, 2.24) is 0 Å². The summed E-state index contributed by atoms with van der Waals surface area (Å²) in [5, 5.41) is 9.13. The van der Waals surface area contributed by atoms with Gasteiger partial charge in [-0.25, -0.2) is 0 Å². The Kier molecular flexibility index (Phi) is 4.78. The number of carbonyl (C=O) groups is 1. The van der Waals surface area contributed by atoms with Gasteiger partial charge in [-0.3, -0.25) is 4.79 Å². The Morgan fingerprint density at radius 3 is 2.76 bits per heavy atom.